The van der Waals surface area contributed by atoms with Gasteiger partial charge in [-0.15, -0.1) is 0 Å². The molecule has 0 saturated carbocycles. The van der Waals surface area contributed by atoms with Crippen LogP contribution in [0.3, 0.4) is 0 Å². The van der Waals surface area contributed by atoms with Gasteiger partial charge in [0.05, 0.1) is 16.9 Å². The van der Waals surface area contributed by atoms with Crippen LogP contribution in [-0.4, -0.2) is 36.4 Å². The molecule has 0 aromatic heterocycles. The van der Waals surface area contributed by atoms with Crippen LogP contribution < -0.4 is 0 Å². The lowest BCUT2D eigenvalue weighted by molar-refractivity contribution is -0.140. The van der Waals surface area contributed by atoms with Gasteiger partial charge in [0.25, 0.3) is 0 Å². The zero-order valence-corrected chi connectivity index (χ0v) is 12.8. The standard InChI is InChI=1S/C13H16F3NO4S/c1-3-17(9(2)8-12(18)19)22(20,21)11-7-5-4-6-10(11)13(14,15)16/h4-7,9H,3,8H2,1-2H3,(H,18,19). The molecule has 1 atom stereocenters. The highest BCUT2D eigenvalue weighted by Crippen LogP contribution is 2.35. The third kappa shape index (κ3) is 3.98. The van der Waals surface area contributed by atoms with E-state index in [1.165, 1.54) is 19.9 Å². The first-order valence-electron chi connectivity index (χ1n) is 6.41. The monoisotopic (exact) mass is 339 g/mol. The van der Waals surface area contributed by atoms with E-state index in [0.717, 1.165) is 16.4 Å². The third-order valence-corrected chi connectivity index (χ3v) is 5.20. The molecule has 0 bridgehead atoms. The number of carboxylic acids is 1. The van der Waals surface area contributed by atoms with E-state index in [1.807, 2.05) is 0 Å². The van der Waals surface area contributed by atoms with Gasteiger partial charge < -0.3 is 5.11 Å². The molecule has 124 valence electrons. The Morgan fingerprint density at radius 1 is 1.32 bits per heavy atom. The van der Waals surface area contributed by atoms with Crippen molar-refractivity contribution < 1.29 is 31.5 Å². The second-order valence-corrected chi connectivity index (χ2v) is 6.51. The van der Waals surface area contributed by atoms with Crippen molar-refractivity contribution >= 4 is 16.0 Å². The molecule has 1 N–H and O–H groups in total. The Morgan fingerprint density at radius 2 is 1.86 bits per heavy atom. The summed E-state index contributed by atoms with van der Waals surface area (Å²) in [4.78, 5) is 9.84. The number of carboxylic acid groups (broad SMARTS) is 1. The minimum absolute atomic E-state index is 0.136. The number of carbonyl (C=O) groups is 1. The molecule has 1 aromatic carbocycles. The van der Waals surface area contributed by atoms with Gasteiger partial charge in [-0.2, -0.15) is 17.5 Å². The van der Waals surface area contributed by atoms with Crippen LogP contribution in [0.2, 0.25) is 0 Å². The Labute approximate surface area is 126 Å². The summed E-state index contributed by atoms with van der Waals surface area (Å²) in [5.41, 5.74) is -1.27. The molecule has 0 spiro atoms. The van der Waals surface area contributed by atoms with Crippen LogP contribution in [0.1, 0.15) is 25.8 Å². The van der Waals surface area contributed by atoms with Crippen molar-refractivity contribution in [3.8, 4) is 0 Å². The summed E-state index contributed by atoms with van der Waals surface area (Å²) in [6.07, 6.45) is -5.32. The van der Waals surface area contributed by atoms with E-state index in [9.17, 15) is 26.4 Å². The molecule has 0 fully saturated rings. The van der Waals surface area contributed by atoms with Crippen molar-refractivity contribution in [3.05, 3.63) is 29.8 Å². The van der Waals surface area contributed by atoms with E-state index in [-0.39, 0.29) is 6.54 Å². The van der Waals surface area contributed by atoms with Gasteiger partial charge in [0.15, 0.2) is 0 Å². The summed E-state index contributed by atoms with van der Waals surface area (Å²) in [5, 5.41) is 8.75. The van der Waals surface area contributed by atoms with Gasteiger partial charge >= 0.3 is 12.1 Å². The topological polar surface area (TPSA) is 74.7 Å². The fourth-order valence-electron chi connectivity index (χ4n) is 2.13. The lowest BCUT2D eigenvalue weighted by atomic mass is 10.2. The minimum atomic E-state index is -4.82. The number of hydrogen-bond acceptors (Lipinski definition) is 3. The van der Waals surface area contributed by atoms with Crippen molar-refractivity contribution in [2.75, 3.05) is 6.54 Å². The Bertz CT molecular complexity index is 643. The number of nitrogens with zero attached hydrogens (tertiary/aromatic N) is 1. The molecule has 1 aromatic rings. The number of hydrogen-bond donors (Lipinski definition) is 1. The van der Waals surface area contributed by atoms with Crippen LogP contribution in [0.4, 0.5) is 13.2 Å². The molecular weight excluding hydrogens is 323 g/mol. The SMILES string of the molecule is CCN(C(C)CC(=O)O)S(=O)(=O)c1ccccc1C(F)(F)F. The quantitative estimate of drug-likeness (QED) is 0.864. The van der Waals surface area contributed by atoms with E-state index in [0.29, 0.717) is 6.07 Å². The maximum Gasteiger partial charge on any atom is 0.417 e. The highest BCUT2D eigenvalue weighted by molar-refractivity contribution is 7.89. The van der Waals surface area contributed by atoms with Gasteiger partial charge in [-0.3, -0.25) is 4.79 Å². The zero-order chi connectivity index (χ0) is 17.1. The number of aliphatic carboxylic acids is 1. The fraction of sp³-hybridized carbons (Fsp3) is 0.462. The number of rotatable bonds is 6. The largest absolute Gasteiger partial charge is 0.481 e. The smallest absolute Gasteiger partial charge is 0.417 e. The van der Waals surface area contributed by atoms with Crippen molar-refractivity contribution in [2.24, 2.45) is 0 Å². The molecule has 0 aliphatic rings. The van der Waals surface area contributed by atoms with Gasteiger partial charge in [-0.05, 0) is 19.1 Å². The van der Waals surface area contributed by atoms with Crippen LogP contribution in [0.25, 0.3) is 0 Å². The first kappa shape index (κ1) is 18.4. The van der Waals surface area contributed by atoms with E-state index in [2.05, 4.69) is 0 Å². The predicted molar refractivity (Wildman–Crippen MR) is 72.7 cm³/mol. The summed E-state index contributed by atoms with van der Waals surface area (Å²) >= 11 is 0. The summed E-state index contributed by atoms with van der Waals surface area (Å²) in [7, 11) is -4.46. The molecular formula is C13H16F3NO4S. The summed E-state index contributed by atoms with van der Waals surface area (Å²) in [6.45, 7) is 2.64. The molecule has 0 saturated heterocycles. The molecule has 9 heteroatoms. The number of halogens is 3. The molecule has 1 rings (SSSR count). The maximum absolute atomic E-state index is 13.0. The molecule has 0 amide bonds. The molecule has 0 radical (unpaired) electrons. The number of sulfonamides is 1. The van der Waals surface area contributed by atoms with Gasteiger partial charge in [-0.25, -0.2) is 8.42 Å². The first-order valence-corrected chi connectivity index (χ1v) is 7.85. The fourth-order valence-corrected chi connectivity index (χ4v) is 3.98. The Kier molecular flexibility index (Phi) is 5.58. The number of alkyl halides is 3. The summed E-state index contributed by atoms with van der Waals surface area (Å²) in [5.74, 6) is -1.23. The van der Waals surface area contributed by atoms with Gasteiger partial charge in [-0.1, -0.05) is 19.1 Å². The van der Waals surface area contributed by atoms with Gasteiger partial charge in [0.2, 0.25) is 10.0 Å². The van der Waals surface area contributed by atoms with Crippen LogP contribution >= 0.6 is 0 Å². The predicted octanol–water partition coefficient (Wildman–Crippen LogP) is 2.58. The highest BCUT2D eigenvalue weighted by Gasteiger charge is 2.39. The average Bonchev–Trinajstić information content (AvgIpc) is 2.37. The molecule has 0 aliphatic heterocycles. The summed E-state index contributed by atoms with van der Waals surface area (Å²) in [6, 6.07) is 2.88. The first-order chi connectivity index (χ1) is 10.0. The minimum Gasteiger partial charge on any atom is -0.481 e. The molecule has 0 heterocycles. The van der Waals surface area contributed by atoms with Crippen LogP contribution in [-0.2, 0) is 21.0 Å². The lowest BCUT2D eigenvalue weighted by Gasteiger charge is -2.27. The second-order valence-electron chi connectivity index (χ2n) is 4.65. The van der Waals surface area contributed by atoms with Crippen molar-refractivity contribution in [1.29, 1.82) is 0 Å². The van der Waals surface area contributed by atoms with Crippen molar-refractivity contribution in [2.45, 2.75) is 37.4 Å². The summed E-state index contributed by atoms with van der Waals surface area (Å²) < 4.78 is 64.7. The van der Waals surface area contributed by atoms with Crippen LogP contribution in [0.5, 0.6) is 0 Å². The van der Waals surface area contributed by atoms with E-state index in [1.54, 1.807) is 0 Å². The zero-order valence-electron chi connectivity index (χ0n) is 12.0. The lowest BCUT2D eigenvalue weighted by Crippen LogP contribution is -2.40. The molecule has 0 aliphatic carbocycles. The third-order valence-electron chi connectivity index (χ3n) is 3.05. The van der Waals surface area contributed by atoms with Crippen molar-refractivity contribution in [1.82, 2.24) is 4.31 Å². The van der Waals surface area contributed by atoms with Crippen LogP contribution in [0.15, 0.2) is 29.2 Å². The van der Waals surface area contributed by atoms with Gasteiger partial charge in [0.1, 0.15) is 0 Å². The Balaban J connectivity index is 3.37. The van der Waals surface area contributed by atoms with Crippen LogP contribution in [0, 0.1) is 0 Å². The normalized spacial score (nSPS) is 14.1. The highest BCUT2D eigenvalue weighted by atomic mass is 32.2. The van der Waals surface area contributed by atoms with E-state index < -0.39 is 45.1 Å². The number of benzene rings is 1. The Morgan fingerprint density at radius 3 is 2.32 bits per heavy atom. The average molecular weight is 339 g/mol. The molecule has 22 heavy (non-hydrogen) atoms. The maximum atomic E-state index is 13.0. The van der Waals surface area contributed by atoms with Gasteiger partial charge in [0, 0.05) is 12.6 Å². The van der Waals surface area contributed by atoms with E-state index >= 15 is 0 Å². The molecule has 1 unspecified atom stereocenters. The Hall–Kier alpha value is -1.61. The van der Waals surface area contributed by atoms with E-state index in [4.69, 9.17) is 5.11 Å². The molecule has 5 nitrogen and oxygen atoms in total. The second kappa shape index (κ2) is 6.66. The van der Waals surface area contributed by atoms with Crippen molar-refractivity contribution in [3.63, 3.8) is 0 Å².